The highest BCUT2D eigenvalue weighted by Crippen LogP contribution is 2.26. The van der Waals surface area contributed by atoms with Gasteiger partial charge in [0.2, 0.25) is 0 Å². The van der Waals surface area contributed by atoms with E-state index in [1.165, 1.54) is 12.3 Å². The van der Waals surface area contributed by atoms with Gasteiger partial charge in [-0.15, -0.1) is 0 Å². The molecule has 5 nitrogen and oxygen atoms in total. The molecule has 0 fully saturated rings. The maximum atomic E-state index is 11.1. The van der Waals surface area contributed by atoms with E-state index in [2.05, 4.69) is 9.88 Å². The second kappa shape index (κ2) is 7.31. The van der Waals surface area contributed by atoms with Crippen LogP contribution in [0.3, 0.4) is 0 Å². The van der Waals surface area contributed by atoms with E-state index >= 15 is 0 Å². The average Bonchev–Trinajstić information content (AvgIpc) is 2.35. The zero-order valence-corrected chi connectivity index (χ0v) is 12.3. The first-order chi connectivity index (χ1) is 8.97. The van der Waals surface area contributed by atoms with Crippen molar-refractivity contribution in [1.82, 2.24) is 9.88 Å². The van der Waals surface area contributed by atoms with Gasteiger partial charge in [0.25, 0.3) is 0 Å². The number of aromatic nitrogens is 1. The number of halogens is 1. The van der Waals surface area contributed by atoms with Gasteiger partial charge in [-0.05, 0) is 40.1 Å². The Kier molecular flexibility index (Phi) is 6.05. The molecule has 0 radical (unpaired) electrons. The Bertz CT molecular complexity index is 438. The zero-order valence-electron chi connectivity index (χ0n) is 11.6. The molecular formula is C13H20ClN3O2. The van der Waals surface area contributed by atoms with E-state index in [9.17, 15) is 4.79 Å². The standard InChI is InChI=1S/C13H20ClN3O2/c1-4-17(9-5-8-16(2)3)12-11(14)10(13(18)19)6-7-15-12/h6-7H,4-5,8-9H2,1-3H3,(H,18,19). The summed E-state index contributed by atoms with van der Waals surface area (Å²) in [5, 5.41) is 9.27. The number of hydrogen-bond donors (Lipinski definition) is 1. The van der Waals surface area contributed by atoms with Gasteiger partial charge in [-0.1, -0.05) is 11.6 Å². The Morgan fingerprint density at radius 1 is 1.42 bits per heavy atom. The number of carbonyl (C=O) groups is 1. The molecule has 0 amide bonds. The molecule has 1 heterocycles. The van der Waals surface area contributed by atoms with Crippen molar-refractivity contribution in [1.29, 1.82) is 0 Å². The topological polar surface area (TPSA) is 56.7 Å². The van der Waals surface area contributed by atoms with Crippen LogP contribution in [0.15, 0.2) is 12.3 Å². The number of pyridine rings is 1. The smallest absolute Gasteiger partial charge is 0.337 e. The number of rotatable bonds is 7. The predicted octanol–water partition coefficient (Wildman–Crippen LogP) is 2.21. The molecule has 0 bridgehead atoms. The van der Waals surface area contributed by atoms with Crippen molar-refractivity contribution >= 4 is 23.4 Å². The third-order valence-corrected chi connectivity index (χ3v) is 3.19. The van der Waals surface area contributed by atoms with Crippen molar-refractivity contribution < 1.29 is 9.90 Å². The summed E-state index contributed by atoms with van der Waals surface area (Å²) in [7, 11) is 4.04. The summed E-state index contributed by atoms with van der Waals surface area (Å²) in [6.07, 6.45) is 2.45. The highest BCUT2D eigenvalue weighted by molar-refractivity contribution is 6.35. The van der Waals surface area contributed by atoms with Gasteiger partial charge in [-0.2, -0.15) is 0 Å². The highest BCUT2D eigenvalue weighted by Gasteiger charge is 2.17. The molecule has 6 heteroatoms. The summed E-state index contributed by atoms with van der Waals surface area (Å²) in [6, 6.07) is 1.42. The molecule has 0 aromatic carbocycles. The van der Waals surface area contributed by atoms with E-state index < -0.39 is 5.97 Å². The monoisotopic (exact) mass is 285 g/mol. The fraction of sp³-hybridized carbons (Fsp3) is 0.538. The first-order valence-corrected chi connectivity index (χ1v) is 6.62. The van der Waals surface area contributed by atoms with Crippen LogP contribution in [0.2, 0.25) is 5.02 Å². The molecule has 0 aliphatic heterocycles. The van der Waals surface area contributed by atoms with E-state index in [1.54, 1.807) is 0 Å². The van der Waals surface area contributed by atoms with Crippen LogP contribution in [-0.2, 0) is 0 Å². The number of aromatic carboxylic acids is 1. The minimum atomic E-state index is -1.03. The van der Waals surface area contributed by atoms with Gasteiger partial charge in [0.1, 0.15) is 5.82 Å². The number of nitrogens with zero attached hydrogens (tertiary/aromatic N) is 3. The van der Waals surface area contributed by atoms with Gasteiger partial charge in [-0.3, -0.25) is 0 Å². The molecular weight excluding hydrogens is 266 g/mol. The Morgan fingerprint density at radius 2 is 2.11 bits per heavy atom. The highest BCUT2D eigenvalue weighted by atomic mass is 35.5. The molecule has 0 saturated carbocycles. The summed E-state index contributed by atoms with van der Waals surface area (Å²) in [6.45, 7) is 4.50. The summed E-state index contributed by atoms with van der Waals surface area (Å²) < 4.78 is 0. The lowest BCUT2D eigenvalue weighted by Crippen LogP contribution is -2.28. The normalized spacial score (nSPS) is 10.8. The molecule has 0 spiro atoms. The van der Waals surface area contributed by atoms with E-state index in [4.69, 9.17) is 16.7 Å². The molecule has 1 aromatic rings. The van der Waals surface area contributed by atoms with Gasteiger partial charge in [-0.25, -0.2) is 9.78 Å². The molecule has 1 aromatic heterocycles. The number of hydrogen-bond acceptors (Lipinski definition) is 4. The van der Waals surface area contributed by atoms with Gasteiger partial charge in [0, 0.05) is 19.3 Å². The van der Waals surface area contributed by atoms with Crippen LogP contribution in [0, 0.1) is 0 Å². The van der Waals surface area contributed by atoms with Crippen molar-refractivity contribution in [2.24, 2.45) is 0 Å². The summed E-state index contributed by atoms with van der Waals surface area (Å²) in [4.78, 5) is 19.4. The number of carboxylic acids is 1. The van der Waals surface area contributed by atoms with Crippen LogP contribution in [0.25, 0.3) is 0 Å². The van der Waals surface area contributed by atoms with E-state index in [-0.39, 0.29) is 10.6 Å². The maximum Gasteiger partial charge on any atom is 0.337 e. The SMILES string of the molecule is CCN(CCCN(C)C)c1nccc(C(=O)O)c1Cl. The fourth-order valence-electron chi connectivity index (χ4n) is 1.81. The van der Waals surface area contributed by atoms with Crippen molar-refractivity contribution in [3.05, 3.63) is 22.8 Å². The minimum Gasteiger partial charge on any atom is -0.478 e. The fourth-order valence-corrected chi connectivity index (χ4v) is 2.12. The van der Waals surface area contributed by atoms with Crippen LogP contribution in [0.1, 0.15) is 23.7 Å². The van der Waals surface area contributed by atoms with Gasteiger partial charge in [0.05, 0.1) is 10.6 Å². The van der Waals surface area contributed by atoms with Crippen LogP contribution in [0.5, 0.6) is 0 Å². The number of carboxylic acid groups (broad SMARTS) is 1. The van der Waals surface area contributed by atoms with Crippen LogP contribution in [-0.4, -0.2) is 54.7 Å². The summed E-state index contributed by atoms with van der Waals surface area (Å²) >= 11 is 6.12. The third kappa shape index (κ3) is 4.36. The summed E-state index contributed by atoms with van der Waals surface area (Å²) in [5.74, 6) is -0.485. The second-order valence-electron chi connectivity index (χ2n) is 4.54. The third-order valence-electron chi connectivity index (χ3n) is 2.82. The maximum absolute atomic E-state index is 11.1. The Morgan fingerprint density at radius 3 is 2.63 bits per heavy atom. The van der Waals surface area contributed by atoms with E-state index in [1.807, 2.05) is 25.9 Å². The molecule has 0 aliphatic carbocycles. The molecule has 1 N–H and O–H groups in total. The Hall–Kier alpha value is -1.33. The number of anilines is 1. The predicted molar refractivity (Wildman–Crippen MR) is 77.3 cm³/mol. The lowest BCUT2D eigenvalue weighted by atomic mass is 10.2. The molecule has 0 unspecified atom stereocenters. The largest absolute Gasteiger partial charge is 0.478 e. The quantitative estimate of drug-likeness (QED) is 0.832. The molecule has 19 heavy (non-hydrogen) atoms. The lowest BCUT2D eigenvalue weighted by Gasteiger charge is -2.24. The van der Waals surface area contributed by atoms with Crippen molar-refractivity contribution in [3.63, 3.8) is 0 Å². The Balaban J connectivity index is 2.86. The molecule has 0 atom stereocenters. The van der Waals surface area contributed by atoms with Crippen molar-refractivity contribution in [2.75, 3.05) is 38.6 Å². The van der Waals surface area contributed by atoms with E-state index in [0.717, 1.165) is 26.1 Å². The molecule has 0 saturated heterocycles. The van der Waals surface area contributed by atoms with Crippen LogP contribution < -0.4 is 4.90 Å². The first kappa shape index (κ1) is 15.7. The van der Waals surface area contributed by atoms with Crippen LogP contribution in [0.4, 0.5) is 5.82 Å². The zero-order chi connectivity index (χ0) is 14.4. The average molecular weight is 286 g/mol. The minimum absolute atomic E-state index is 0.0951. The first-order valence-electron chi connectivity index (χ1n) is 6.24. The van der Waals surface area contributed by atoms with Gasteiger partial charge < -0.3 is 14.9 Å². The molecule has 0 aliphatic rings. The van der Waals surface area contributed by atoms with E-state index in [0.29, 0.717) is 5.82 Å². The van der Waals surface area contributed by atoms with Crippen LogP contribution >= 0.6 is 11.6 Å². The van der Waals surface area contributed by atoms with Gasteiger partial charge in [0.15, 0.2) is 0 Å². The Labute approximate surface area is 118 Å². The lowest BCUT2D eigenvalue weighted by molar-refractivity contribution is 0.0697. The van der Waals surface area contributed by atoms with Gasteiger partial charge >= 0.3 is 5.97 Å². The van der Waals surface area contributed by atoms with Crippen molar-refractivity contribution in [2.45, 2.75) is 13.3 Å². The molecule has 1 rings (SSSR count). The van der Waals surface area contributed by atoms with Crippen molar-refractivity contribution in [3.8, 4) is 0 Å². The summed E-state index contributed by atoms with van der Waals surface area (Å²) in [5.41, 5.74) is 0.0951. The second-order valence-corrected chi connectivity index (χ2v) is 4.92. The molecule has 106 valence electrons.